The SMILES string of the molecule is CN(CCO)c1nc(Cl)nc2scc(-c3ccc(Br)cc3)c12. The van der Waals surface area contributed by atoms with E-state index in [1.165, 1.54) is 0 Å². The molecular weight excluding hydrogens is 386 g/mol. The van der Waals surface area contributed by atoms with Crippen molar-refractivity contribution < 1.29 is 5.11 Å². The van der Waals surface area contributed by atoms with Crippen LogP contribution in [0, 0.1) is 0 Å². The number of rotatable bonds is 4. The fraction of sp³-hybridized carbons (Fsp3) is 0.200. The molecule has 22 heavy (non-hydrogen) atoms. The normalized spacial score (nSPS) is 11.1. The zero-order valence-corrected chi connectivity index (χ0v) is 14.9. The lowest BCUT2D eigenvalue weighted by atomic mass is 10.1. The number of aliphatic hydroxyl groups is 1. The molecule has 0 amide bonds. The Morgan fingerprint density at radius 1 is 1.27 bits per heavy atom. The number of aliphatic hydroxyl groups excluding tert-OH is 1. The molecule has 0 spiro atoms. The van der Waals surface area contributed by atoms with Crippen LogP contribution in [-0.2, 0) is 0 Å². The molecule has 2 aromatic heterocycles. The van der Waals surface area contributed by atoms with E-state index in [1.807, 2.05) is 24.1 Å². The minimum absolute atomic E-state index is 0.0529. The maximum absolute atomic E-state index is 9.19. The summed E-state index contributed by atoms with van der Waals surface area (Å²) in [6.07, 6.45) is 0. The zero-order valence-electron chi connectivity index (χ0n) is 11.8. The van der Waals surface area contributed by atoms with Gasteiger partial charge in [-0.1, -0.05) is 28.1 Å². The van der Waals surface area contributed by atoms with Crippen LogP contribution in [0.25, 0.3) is 21.3 Å². The van der Waals surface area contributed by atoms with Crippen LogP contribution in [0.1, 0.15) is 0 Å². The summed E-state index contributed by atoms with van der Waals surface area (Å²) in [5, 5.41) is 12.4. The Labute approximate surface area is 145 Å². The summed E-state index contributed by atoms with van der Waals surface area (Å²) in [6, 6.07) is 8.12. The smallest absolute Gasteiger partial charge is 0.225 e. The summed E-state index contributed by atoms with van der Waals surface area (Å²) in [7, 11) is 1.89. The second kappa shape index (κ2) is 6.50. The molecule has 0 saturated carbocycles. The number of nitrogens with zero attached hydrogens (tertiary/aromatic N) is 3. The van der Waals surface area contributed by atoms with Crippen molar-refractivity contribution in [2.24, 2.45) is 0 Å². The predicted octanol–water partition coefficient (Wildman–Crippen LogP) is 4.20. The minimum Gasteiger partial charge on any atom is -0.395 e. The Morgan fingerprint density at radius 3 is 2.68 bits per heavy atom. The fourth-order valence-electron chi connectivity index (χ4n) is 2.27. The molecule has 0 aliphatic carbocycles. The molecule has 0 atom stereocenters. The van der Waals surface area contributed by atoms with E-state index < -0.39 is 0 Å². The molecule has 0 fully saturated rings. The highest BCUT2D eigenvalue weighted by molar-refractivity contribution is 9.10. The number of halogens is 2. The summed E-state index contributed by atoms with van der Waals surface area (Å²) in [5.41, 5.74) is 2.17. The van der Waals surface area contributed by atoms with Crippen molar-refractivity contribution in [2.75, 3.05) is 25.1 Å². The van der Waals surface area contributed by atoms with Crippen molar-refractivity contribution in [3.05, 3.63) is 39.4 Å². The van der Waals surface area contributed by atoms with Gasteiger partial charge < -0.3 is 10.0 Å². The van der Waals surface area contributed by atoms with Crippen molar-refractivity contribution in [3.8, 4) is 11.1 Å². The van der Waals surface area contributed by atoms with Crippen LogP contribution in [0.15, 0.2) is 34.1 Å². The number of hydrogen-bond donors (Lipinski definition) is 1. The lowest BCUT2D eigenvalue weighted by molar-refractivity contribution is 0.304. The van der Waals surface area contributed by atoms with E-state index in [0.717, 1.165) is 31.6 Å². The summed E-state index contributed by atoms with van der Waals surface area (Å²) in [5.74, 6) is 0.739. The van der Waals surface area contributed by atoms with E-state index in [-0.39, 0.29) is 11.9 Å². The highest BCUT2D eigenvalue weighted by Gasteiger charge is 2.17. The van der Waals surface area contributed by atoms with E-state index in [4.69, 9.17) is 11.6 Å². The lowest BCUT2D eigenvalue weighted by Crippen LogP contribution is -2.22. The molecule has 3 rings (SSSR count). The van der Waals surface area contributed by atoms with Crippen molar-refractivity contribution >= 4 is 54.9 Å². The largest absolute Gasteiger partial charge is 0.395 e. The first-order valence-electron chi connectivity index (χ1n) is 6.63. The molecule has 3 aromatic rings. The summed E-state index contributed by atoms with van der Waals surface area (Å²) < 4.78 is 1.03. The van der Waals surface area contributed by atoms with Crippen molar-refractivity contribution in [1.29, 1.82) is 0 Å². The minimum atomic E-state index is 0.0529. The second-order valence-corrected chi connectivity index (χ2v) is 6.91. The van der Waals surface area contributed by atoms with Crippen LogP contribution in [0.3, 0.4) is 0 Å². The first-order chi connectivity index (χ1) is 10.6. The molecule has 0 saturated heterocycles. The summed E-state index contributed by atoms with van der Waals surface area (Å²) in [4.78, 5) is 11.4. The lowest BCUT2D eigenvalue weighted by Gasteiger charge is -2.18. The molecule has 7 heteroatoms. The number of fused-ring (bicyclic) bond motifs is 1. The number of aromatic nitrogens is 2. The van der Waals surface area contributed by atoms with Gasteiger partial charge in [0.1, 0.15) is 10.6 Å². The van der Waals surface area contributed by atoms with Gasteiger partial charge in [-0.15, -0.1) is 11.3 Å². The average Bonchev–Trinajstić information content (AvgIpc) is 2.91. The fourth-order valence-corrected chi connectivity index (χ4v) is 3.69. The van der Waals surface area contributed by atoms with Gasteiger partial charge in [0.15, 0.2) is 0 Å². The molecule has 114 valence electrons. The standard InChI is InChI=1S/C15H13BrClN3OS/c1-20(6-7-21)13-12-11(9-2-4-10(16)5-3-9)8-22-14(12)19-15(17)18-13/h2-5,8,21H,6-7H2,1H3. The van der Waals surface area contributed by atoms with Crippen molar-refractivity contribution in [2.45, 2.75) is 0 Å². The summed E-state index contributed by atoms with van der Waals surface area (Å²) >= 11 is 11.0. The number of hydrogen-bond acceptors (Lipinski definition) is 5. The van der Waals surface area contributed by atoms with Crippen LogP contribution in [0.4, 0.5) is 5.82 Å². The van der Waals surface area contributed by atoms with Crippen LogP contribution >= 0.6 is 38.9 Å². The van der Waals surface area contributed by atoms with Gasteiger partial charge in [-0.3, -0.25) is 0 Å². The second-order valence-electron chi connectivity index (χ2n) is 4.80. The molecule has 1 N–H and O–H groups in total. The topological polar surface area (TPSA) is 49.2 Å². The van der Waals surface area contributed by atoms with E-state index in [9.17, 15) is 5.11 Å². The first kappa shape index (κ1) is 15.7. The van der Waals surface area contributed by atoms with Gasteiger partial charge in [0.2, 0.25) is 5.28 Å². The number of anilines is 1. The highest BCUT2D eigenvalue weighted by Crippen LogP contribution is 2.38. The predicted molar refractivity (Wildman–Crippen MR) is 95.9 cm³/mol. The number of thiophene rings is 1. The van der Waals surface area contributed by atoms with Gasteiger partial charge in [0.25, 0.3) is 0 Å². The third-order valence-corrected chi connectivity index (χ3v) is 4.91. The van der Waals surface area contributed by atoms with E-state index >= 15 is 0 Å². The first-order valence-corrected chi connectivity index (χ1v) is 8.68. The van der Waals surface area contributed by atoms with Crippen molar-refractivity contribution in [1.82, 2.24) is 9.97 Å². The third kappa shape index (κ3) is 2.96. The van der Waals surface area contributed by atoms with Gasteiger partial charge in [0.05, 0.1) is 12.0 Å². The Balaban J connectivity index is 2.21. The molecule has 0 aliphatic rings. The Morgan fingerprint density at radius 2 is 2.00 bits per heavy atom. The molecule has 0 radical (unpaired) electrons. The third-order valence-electron chi connectivity index (χ3n) is 3.34. The monoisotopic (exact) mass is 397 g/mol. The van der Waals surface area contributed by atoms with Crippen LogP contribution < -0.4 is 4.90 Å². The maximum atomic E-state index is 9.19. The van der Waals surface area contributed by atoms with Gasteiger partial charge in [0, 0.05) is 29.0 Å². The molecule has 2 heterocycles. The summed E-state index contributed by atoms with van der Waals surface area (Å²) in [6.45, 7) is 0.537. The van der Waals surface area contributed by atoms with Crippen LogP contribution in [-0.4, -0.2) is 35.3 Å². The Hall–Kier alpha value is -1.21. The van der Waals surface area contributed by atoms with E-state index in [0.29, 0.717) is 6.54 Å². The molecule has 0 unspecified atom stereocenters. The molecule has 0 aliphatic heterocycles. The van der Waals surface area contributed by atoms with Crippen molar-refractivity contribution in [3.63, 3.8) is 0 Å². The van der Waals surface area contributed by atoms with Gasteiger partial charge in [-0.25, -0.2) is 4.98 Å². The van der Waals surface area contributed by atoms with E-state index in [1.54, 1.807) is 11.3 Å². The van der Waals surface area contributed by atoms with Gasteiger partial charge in [-0.05, 0) is 29.3 Å². The molecule has 0 bridgehead atoms. The molecular formula is C15H13BrClN3OS. The van der Waals surface area contributed by atoms with Crippen LogP contribution in [0.5, 0.6) is 0 Å². The zero-order chi connectivity index (χ0) is 15.7. The van der Waals surface area contributed by atoms with Crippen LogP contribution in [0.2, 0.25) is 5.28 Å². The van der Waals surface area contributed by atoms with Gasteiger partial charge >= 0.3 is 0 Å². The number of benzene rings is 1. The average molecular weight is 399 g/mol. The van der Waals surface area contributed by atoms with Gasteiger partial charge in [-0.2, -0.15) is 4.98 Å². The Bertz CT molecular complexity index is 806. The number of likely N-dealkylation sites (N-methyl/N-ethyl adjacent to an activating group) is 1. The quantitative estimate of drug-likeness (QED) is 0.669. The molecule has 4 nitrogen and oxygen atoms in total. The van der Waals surface area contributed by atoms with E-state index in [2.05, 4.69) is 43.4 Å². The highest BCUT2D eigenvalue weighted by atomic mass is 79.9. The molecule has 1 aromatic carbocycles. The maximum Gasteiger partial charge on any atom is 0.225 e. The Kier molecular flexibility index (Phi) is 4.63.